The van der Waals surface area contributed by atoms with E-state index in [0.29, 0.717) is 6.54 Å². The zero-order valence-electron chi connectivity index (χ0n) is 6.75. The summed E-state index contributed by atoms with van der Waals surface area (Å²) < 4.78 is 9.92. The van der Waals surface area contributed by atoms with Crippen LogP contribution in [0.1, 0.15) is 5.76 Å². The SMILES string of the molecule is Brc1cc(Cn2cnc(I)c2I)on1. The van der Waals surface area contributed by atoms with Crippen LogP contribution < -0.4 is 0 Å². The zero-order valence-corrected chi connectivity index (χ0v) is 12.6. The second-order valence-corrected chi connectivity index (χ2v) is 5.43. The summed E-state index contributed by atoms with van der Waals surface area (Å²) in [4.78, 5) is 4.19. The largest absolute Gasteiger partial charge is 0.358 e. The number of hydrogen-bond donors (Lipinski definition) is 0. The minimum Gasteiger partial charge on any atom is -0.358 e. The Morgan fingerprint density at radius 1 is 1.50 bits per heavy atom. The molecule has 0 aliphatic heterocycles. The van der Waals surface area contributed by atoms with Crippen LogP contribution in [0, 0.1) is 7.40 Å². The smallest absolute Gasteiger partial charge is 0.157 e. The molecule has 2 rings (SSSR count). The van der Waals surface area contributed by atoms with Crippen molar-refractivity contribution in [3.05, 3.63) is 30.2 Å². The fourth-order valence-corrected chi connectivity index (χ4v) is 2.18. The maximum absolute atomic E-state index is 5.08. The van der Waals surface area contributed by atoms with Gasteiger partial charge < -0.3 is 9.09 Å². The van der Waals surface area contributed by atoms with Gasteiger partial charge in [-0.05, 0) is 61.1 Å². The molecule has 0 bridgehead atoms. The van der Waals surface area contributed by atoms with Gasteiger partial charge in [0, 0.05) is 6.07 Å². The molecule has 0 unspecified atom stereocenters. The average molecular weight is 480 g/mol. The van der Waals surface area contributed by atoms with Crippen molar-refractivity contribution >= 4 is 61.1 Å². The molecule has 0 amide bonds. The molecule has 0 radical (unpaired) electrons. The van der Waals surface area contributed by atoms with Gasteiger partial charge in [-0.3, -0.25) is 0 Å². The fourth-order valence-electron chi connectivity index (χ4n) is 0.983. The fraction of sp³-hybridized carbons (Fsp3) is 0.143. The van der Waals surface area contributed by atoms with E-state index in [1.54, 1.807) is 6.33 Å². The molecule has 0 aromatic carbocycles. The predicted molar refractivity (Wildman–Crippen MR) is 71.0 cm³/mol. The van der Waals surface area contributed by atoms with E-state index in [1.807, 2.05) is 10.6 Å². The molecule has 0 N–H and O–H groups in total. The van der Waals surface area contributed by atoms with Crippen LogP contribution >= 0.6 is 61.1 Å². The summed E-state index contributed by atoms with van der Waals surface area (Å²) in [7, 11) is 0. The molecule has 0 saturated heterocycles. The molecule has 0 saturated carbocycles. The lowest BCUT2D eigenvalue weighted by Gasteiger charge is -1.98. The van der Waals surface area contributed by atoms with Gasteiger partial charge in [-0.1, -0.05) is 5.16 Å². The Balaban J connectivity index is 2.22. The summed E-state index contributed by atoms with van der Waals surface area (Å²) in [5.41, 5.74) is 0. The highest BCUT2D eigenvalue weighted by Gasteiger charge is 2.08. The minimum absolute atomic E-state index is 0.660. The third kappa shape index (κ3) is 2.30. The first-order valence-corrected chi connectivity index (χ1v) is 6.59. The molecule has 14 heavy (non-hydrogen) atoms. The van der Waals surface area contributed by atoms with Crippen molar-refractivity contribution < 1.29 is 4.52 Å². The van der Waals surface area contributed by atoms with Crippen LogP contribution in [-0.4, -0.2) is 14.7 Å². The highest BCUT2D eigenvalue weighted by Crippen LogP contribution is 2.16. The van der Waals surface area contributed by atoms with Crippen LogP contribution in [-0.2, 0) is 6.54 Å². The lowest BCUT2D eigenvalue weighted by atomic mass is 10.4. The number of imidazole rings is 1. The number of rotatable bonds is 2. The molecule has 2 aromatic rings. The van der Waals surface area contributed by atoms with E-state index in [9.17, 15) is 0 Å². The summed E-state index contributed by atoms with van der Waals surface area (Å²) >= 11 is 7.69. The molecule has 2 aromatic heterocycles. The van der Waals surface area contributed by atoms with Gasteiger partial charge in [-0.25, -0.2) is 4.98 Å². The summed E-state index contributed by atoms with van der Waals surface area (Å²) in [5.74, 6) is 0.809. The van der Waals surface area contributed by atoms with E-state index in [1.165, 1.54) is 0 Å². The van der Waals surface area contributed by atoms with Gasteiger partial charge in [-0.15, -0.1) is 0 Å². The first kappa shape index (κ1) is 10.9. The Morgan fingerprint density at radius 3 is 2.79 bits per heavy atom. The van der Waals surface area contributed by atoms with E-state index < -0.39 is 0 Å². The van der Waals surface area contributed by atoms with E-state index in [4.69, 9.17) is 4.52 Å². The second-order valence-electron chi connectivity index (χ2n) is 2.57. The van der Waals surface area contributed by atoms with Gasteiger partial charge in [0.15, 0.2) is 5.76 Å². The van der Waals surface area contributed by atoms with Crippen molar-refractivity contribution in [2.75, 3.05) is 0 Å². The lowest BCUT2D eigenvalue weighted by molar-refractivity contribution is 0.372. The van der Waals surface area contributed by atoms with Crippen LogP contribution in [0.5, 0.6) is 0 Å². The summed E-state index contributed by atoms with van der Waals surface area (Å²) in [6.45, 7) is 0.660. The summed E-state index contributed by atoms with van der Waals surface area (Å²) in [6, 6.07) is 1.85. The number of hydrogen-bond acceptors (Lipinski definition) is 3. The Morgan fingerprint density at radius 2 is 2.29 bits per heavy atom. The topological polar surface area (TPSA) is 43.9 Å². The number of halogens is 3. The Hall–Kier alpha value is 0.360. The van der Waals surface area contributed by atoms with E-state index in [2.05, 4.69) is 71.3 Å². The molecule has 0 atom stereocenters. The van der Waals surface area contributed by atoms with Crippen LogP contribution in [0.4, 0.5) is 0 Å². The highest BCUT2D eigenvalue weighted by molar-refractivity contribution is 14.1. The van der Waals surface area contributed by atoms with E-state index in [0.717, 1.165) is 17.8 Å². The van der Waals surface area contributed by atoms with Crippen molar-refractivity contribution in [1.29, 1.82) is 0 Å². The maximum Gasteiger partial charge on any atom is 0.157 e. The van der Waals surface area contributed by atoms with Gasteiger partial charge in [0.2, 0.25) is 0 Å². The molecule has 0 spiro atoms. The van der Waals surface area contributed by atoms with Crippen LogP contribution in [0.2, 0.25) is 0 Å². The molecule has 4 nitrogen and oxygen atoms in total. The molecule has 7 heteroatoms. The molecule has 2 heterocycles. The van der Waals surface area contributed by atoms with Crippen molar-refractivity contribution in [2.24, 2.45) is 0 Å². The third-order valence-electron chi connectivity index (χ3n) is 1.59. The van der Waals surface area contributed by atoms with Crippen molar-refractivity contribution in [2.45, 2.75) is 6.54 Å². The molecule has 0 fully saturated rings. The third-order valence-corrected chi connectivity index (χ3v) is 4.91. The van der Waals surface area contributed by atoms with Crippen molar-refractivity contribution in [3.8, 4) is 0 Å². The standard InChI is InChI=1S/C7H4BrI2N3O/c8-5-1-4(14-12-5)2-13-3-11-6(9)7(13)10/h1,3H,2H2. The Labute approximate surface area is 116 Å². The van der Waals surface area contributed by atoms with Crippen molar-refractivity contribution in [3.63, 3.8) is 0 Å². The van der Waals surface area contributed by atoms with Gasteiger partial charge in [-0.2, -0.15) is 0 Å². The highest BCUT2D eigenvalue weighted by atomic mass is 127. The van der Waals surface area contributed by atoms with E-state index in [-0.39, 0.29) is 0 Å². The normalized spacial score (nSPS) is 10.8. The first-order valence-electron chi connectivity index (χ1n) is 3.64. The minimum atomic E-state index is 0.660. The molecular formula is C7H4BrI2N3O. The number of nitrogens with zero attached hydrogens (tertiary/aromatic N) is 3. The van der Waals surface area contributed by atoms with Crippen LogP contribution in [0.15, 0.2) is 21.5 Å². The summed E-state index contributed by atoms with van der Waals surface area (Å²) in [6.07, 6.45) is 1.79. The number of aromatic nitrogens is 3. The zero-order chi connectivity index (χ0) is 10.1. The molecule has 0 aliphatic rings. The van der Waals surface area contributed by atoms with Crippen molar-refractivity contribution in [1.82, 2.24) is 14.7 Å². The van der Waals surface area contributed by atoms with Crippen LogP contribution in [0.25, 0.3) is 0 Å². The first-order chi connectivity index (χ1) is 6.66. The molecule has 0 aliphatic carbocycles. The van der Waals surface area contributed by atoms with Gasteiger partial charge in [0.25, 0.3) is 0 Å². The average Bonchev–Trinajstić information content (AvgIpc) is 2.67. The quantitative estimate of drug-likeness (QED) is 0.622. The lowest BCUT2D eigenvalue weighted by Crippen LogP contribution is -1.99. The monoisotopic (exact) mass is 479 g/mol. The van der Waals surface area contributed by atoms with E-state index >= 15 is 0 Å². The van der Waals surface area contributed by atoms with Crippen LogP contribution in [0.3, 0.4) is 0 Å². The Kier molecular flexibility index (Phi) is 3.47. The predicted octanol–water partition coefficient (Wildman–Crippen LogP) is 2.89. The van der Waals surface area contributed by atoms with Gasteiger partial charge >= 0.3 is 0 Å². The molecule has 74 valence electrons. The maximum atomic E-state index is 5.08. The molecular weight excluding hydrogens is 476 g/mol. The second kappa shape index (κ2) is 4.47. The summed E-state index contributed by atoms with van der Waals surface area (Å²) in [5, 5.41) is 3.75. The van der Waals surface area contributed by atoms with Gasteiger partial charge in [0.05, 0.1) is 12.9 Å². The van der Waals surface area contributed by atoms with Gasteiger partial charge in [0.1, 0.15) is 12.0 Å². The Bertz CT molecular complexity index is 453.